The summed E-state index contributed by atoms with van der Waals surface area (Å²) in [5.74, 6) is -5.85. The fourth-order valence-corrected chi connectivity index (χ4v) is 14.2. The molecule has 2 heterocycles. The van der Waals surface area contributed by atoms with Gasteiger partial charge in [-0.15, -0.1) is 0 Å². The zero-order chi connectivity index (χ0) is 74.1. The molecule has 3 atom stereocenters. The Balaban J connectivity index is 1.17. The normalized spacial score (nSPS) is 16.6. The quantitative estimate of drug-likeness (QED) is 0.0144. The number of hydrogen-bond acceptors (Lipinski definition) is 14. The molecule has 3 aromatic carbocycles. The lowest BCUT2D eigenvalue weighted by Gasteiger charge is -2.27. The lowest BCUT2D eigenvalue weighted by atomic mass is 9.81. The van der Waals surface area contributed by atoms with Gasteiger partial charge in [-0.3, -0.25) is 37.9 Å². The van der Waals surface area contributed by atoms with E-state index in [-0.39, 0.29) is 80.8 Å². The topological polar surface area (TPSA) is 370 Å². The van der Waals surface area contributed by atoms with E-state index in [1.165, 1.54) is 6.07 Å². The van der Waals surface area contributed by atoms with E-state index < -0.39 is 97.0 Å². The van der Waals surface area contributed by atoms with Gasteiger partial charge in [-0.1, -0.05) is 103 Å². The van der Waals surface area contributed by atoms with E-state index >= 15 is 0 Å². The SMILES string of the molecule is CCCCCN1/C(=C/C=C2\CCCC(/C=C/C3=[N+](CCCCS(=O)(=O)O)c4ccccc4C3(C)C)=C2Oc2ccc(C[C@H](CC(=O)[C@H](CC(=O)NCCC)NC(=O)CCCCCCCCC(=O)CC[C@H](NC(=O)NCCCC(=O)O)C(=O)O)C(=O)O)cc2)C(C)(C)c2cc(S(=O)(=O)O)ccc21. The van der Waals surface area contributed by atoms with Crippen molar-refractivity contribution in [2.75, 3.05) is 36.8 Å². The van der Waals surface area contributed by atoms with Crippen LogP contribution in [0.4, 0.5) is 16.2 Å². The van der Waals surface area contributed by atoms with Crippen molar-refractivity contribution >= 4 is 84.6 Å². The van der Waals surface area contributed by atoms with E-state index in [9.17, 15) is 74.5 Å². The molecule has 552 valence electrons. The average Bonchev–Trinajstić information content (AvgIpc) is 1.59. The van der Waals surface area contributed by atoms with Crippen LogP contribution in [0.2, 0.25) is 0 Å². The van der Waals surface area contributed by atoms with Gasteiger partial charge < -0.3 is 46.2 Å². The Bertz CT molecular complexity index is 3850. The van der Waals surface area contributed by atoms with E-state index in [1.807, 2.05) is 45.0 Å². The Morgan fingerprint density at radius 1 is 0.653 bits per heavy atom. The maximum atomic E-state index is 14.1. The van der Waals surface area contributed by atoms with Crippen molar-refractivity contribution in [3.05, 3.63) is 130 Å². The molecule has 0 saturated heterocycles. The van der Waals surface area contributed by atoms with E-state index in [4.69, 9.17) is 9.84 Å². The molecule has 0 saturated carbocycles. The standard InChI is InChI=1S/C75H102N6O18S2/c1-7-9-18-44-81-63-39-37-57(101(96,97)98)49-59(63)75(5,6)66(81)41-33-53-24-21-23-52(32-40-65-74(3,4)58-26-16-17-27-62(58)80(65)45-19-20-46-100(93,94)95)70(53)99-56-35-30-51(31-36-56)47-54(71(88)89)48-64(83)61(50-68(85)76-42-8-2)78-67(84)28-15-13-11-10-12-14-25-55(82)34-38-60(72(90)91)79-73(92)77-43-22-29-69(86)87/h16-17,26-27,30-33,35-37,39-41,49,54,60-61H,7-15,18-25,28-29,34,38,42-48,50H2,1-6H3,(H8-,76,77,78,79,84,85,86,87,88,89,90,91,92,93,94,95,96,97,98)/p+1/t54-,60+,61+/m1/s1. The van der Waals surface area contributed by atoms with Crippen molar-refractivity contribution in [3.8, 4) is 5.75 Å². The molecule has 2 aliphatic heterocycles. The number of allylic oxidation sites excluding steroid dienone is 7. The van der Waals surface area contributed by atoms with Gasteiger partial charge in [-0.05, 0) is 149 Å². The van der Waals surface area contributed by atoms with Crippen molar-refractivity contribution in [1.29, 1.82) is 0 Å². The van der Waals surface area contributed by atoms with Gasteiger partial charge in [0.25, 0.3) is 20.2 Å². The Morgan fingerprint density at radius 2 is 1.36 bits per heavy atom. The summed E-state index contributed by atoms with van der Waals surface area (Å²) < 4.78 is 77.1. The van der Waals surface area contributed by atoms with Gasteiger partial charge in [0.15, 0.2) is 11.5 Å². The summed E-state index contributed by atoms with van der Waals surface area (Å²) in [4.78, 5) is 103. The molecule has 24 nitrogen and oxygen atoms in total. The Morgan fingerprint density at radius 3 is 2.02 bits per heavy atom. The van der Waals surface area contributed by atoms with Crippen LogP contribution >= 0.6 is 0 Å². The molecule has 0 bridgehead atoms. The first-order valence-electron chi connectivity index (χ1n) is 35.4. The number of ketones is 2. The van der Waals surface area contributed by atoms with Gasteiger partial charge in [0.05, 0.1) is 34.4 Å². The molecule has 3 aromatic rings. The third kappa shape index (κ3) is 25.0. The largest absolute Gasteiger partial charge is 0.481 e. The zero-order valence-electron chi connectivity index (χ0n) is 59.2. The number of Topliss-reactive ketones (excluding diaryl/α,β-unsaturated/α-hetero) is 2. The second kappa shape index (κ2) is 38.6. The van der Waals surface area contributed by atoms with Gasteiger partial charge in [-0.2, -0.15) is 21.4 Å². The Labute approximate surface area is 594 Å². The number of amides is 4. The average molecular weight is 1440 g/mol. The summed E-state index contributed by atoms with van der Waals surface area (Å²) in [5.41, 5.74) is 6.76. The number of rotatable bonds is 44. The highest BCUT2D eigenvalue weighted by Crippen LogP contribution is 2.49. The third-order valence-electron chi connectivity index (χ3n) is 18.7. The van der Waals surface area contributed by atoms with Crippen LogP contribution in [-0.2, 0) is 71.0 Å². The van der Waals surface area contributed by atoms with E-state index in [1.54, 1.807) is 36.4 Å². The van der Waals surface area contributed by atoms with Gasteiger partial charge >= 0.3 is 23.9 Å². The number of para-hydroxylation sites is 1. The first-order chi connectivity index (χ1) is 47.8. The second-order valence-electron chi connectivity index (χ2n) is 27.4. The first-order valence-corrected chi connectivity index (χ1v) is 38.4. The van der Waals surface area contributed by atoms with Crippen molar-refractivity contribution < 1.29 is 88.9 Å². The highest BCUT2D eigenvalue weighted by atomic mass is 32.2. The van der Waals surface area contributed by atoms with Crippen molar-refractivity contribution in [1.82, 2.24) is 21.3 Å². The highest BCUT2D eigenvalue weighted by Gasteiger charge is 2.45. The fourth-order valence-electron chi connectivity index (χ4n) is 13.1. The highest BCUT2D eigenvalue weighted by molar-refractivity contribution is 7.86. The number of nitrogens with zero attached hydrogens (tertiary/aromatic N) is 2. The van der Waals surface area contributed by atoms with Crippen LogP contribution in [0.3, 0.4) is 0 Å². The number of urea groups is 1. The van der Waals surface area contributed by atoms with Crippen LogP contribution in [0.25, 0.3) is 0 Å². The van der Waals surface area contributed by atoms with Gasteiger partial charge in [0.1, 0.15) is 29.9 Å². The van der Waals surface area contributed by atoms with Crippen LogP contribution < -0.4 is 30.9 Å². The minimum atomic E-state index is -4.50. The number of nitrogens with one attached hydrogen (secondary N) is 4. The molecule has 0 aromatic heterocycles. The van der Waals surface area contributed by atoms with Crippen molar-refractivity contribution in [2.45, 2.75) is 223 Å². The summed E-state index contributed by atoms with van der Waals surface area (Å²) in [7, 11) is -8.65. The number of aliphatic carboxylic acids is 3. The Hall–Kier alpha value is -8.33. The number of hydrogen-bond donors (Lipinski definition) is 9. The number of ether oxygens (including phenoxy) is 1. The number of carbonyl (C=O) groups excluding carboxylic acids is 5. The summed E-state index contributed by atoms with van der Waals surface area (Å²) in [5, 5.41) is 39.0. The van der Waals surface area contributed by atoms with Crippen LogP contribution in [0.15, 0.2) is 119 Å². The second-order valence-corrected chi connectivity index (χ2v) is 30.4. The molecular weight excluding hydrogens is 1340 g/mol. The predicted molar refractivity (Wildman–Crippen MR) is 385 cm³/mol. The van der Waals surface area contributed by atoms with Crippen molar-refractivity contribution in [2.24, 2.45) is 5.92 Å². The minimum absolute atomic E-state index is 0.0426. The van der Waals surface area contributed by atoms with Crippen LogP contribution in [0.1, 0.15) is 206 Å². The number of carboxylic acid groups (broad SMARTS) is 3. The summed E-state index contributed by atoms with van der Waals surface area (Å²) in [6, 6.07) is 16.4. The number of fused-ring (bicyclic) bond motifs is 2. The van der Waals surface area contributed by atoms with Crippen molar-refractivity contribution in [3.63, 3.8) is 0 Å². The van der Waals surface area contributed by atoms with Crippen LogP contribution in [0.5, 0.6) is 5.75 Å². The molecular formula is C75H103N6O18S2+. The minimum Gasteiger partial charge on any atom is -0.481 e. The lowest BCUT2D eigenvalue weighted by molar-refractivity contribution is -0.438. The molecule has 0 spiro atoms. The van der Waals surface area contributed by atoms with Crippen LogP contribution in [0, 0.1) is 5.92 Å². The maximum absolute atomic E-state index is 14.1. The lowest BCUT2D eigenvalue weighted by Crippen LogP contribution is -2.46. The molecule has 9 N–H and O–H groups in total. The molecule has 4 amide bonds. The summed E-state index contributed by atoms with van der Waals surface area (Å²) in [6.45, 7) is 13.9. The molecule has 3 aliphatic rings. The van der Waals surface area contributed by atoms with Gasteiger partial charge in [0.2, 0.25) is 17.5 Å². The van der Waals surface area contributed by atoms with E-state index in [2.05, 4.69) is 75.8 Å². The molecule has 101 heavy (non-hydrogen) atoms. The van der Waals surface area contributed by atoms with E-state index in [0.29, 0.717) is 88.1 Å². The van der Waals surface area contributed by atoms with Crippen LogP contribution in [-0.4, -0.2) is 143 Å². The first kappa shape index (κ1) is 81.6. The smallest absolute Gasteiger partial charge is 0.326 e. The number of carboxylic acids is 3. The monoisotopic (exact) mass is 1440 g/mol. The number of carbonyl (C=O) groups is 8. The molecule has 0 fully saturated rings. The number of benzene rings is 3. The number of anilines is 1. The summed E-state index contributed by atoms with van der Waals surface area (Å²) >= 11 is 0. The molecule has 0 unspecified atom stereocenters. The fraction of sp³-hybridized carbons (Fsp3) is 0.533. The van der Waals surface area contributed by atoms with Gasteiger partial charge in [0, 0.05) is 92.7 Å². The zero-order valence-corrected chi connectivity index (χ0v) is 60.8. The molecule has 1 aliphatic carbocycles. The summed E-state index contributed by atoms with van der Waals surface area (Å²) in [6.07, 6.45) is 17.5. The molecule has 6 rings (SSSR count). The maximum Gasteiger partial charge on any atom is 0.326 e. The third-order valence-corrected chi connectivity index (χ3v) is 20.4. The van der Waals surface area contributed by atoms with Gasteiger partial charge in [-0.25, -0.2) is 9.59 Å². The number of unbranched alkanes of at least 4 members (excludes halogenated alkanes) is 8. The molecule has 26 heteroatoms. The predicted octanol–water partition coefficient (Wildman–Crippen LogP) is 11.5. The van der Waals surface area contributed by atoms with E-state index in [0.717, 1.165) is 83.6 Å². The molecule has 0 radical (unpaired) electrons. The Kier molecular flexibility index (Phi) is 31.2.